The molecule has 0 saturated carbocycles. The van der Waals surface area contributed by atoms with Gasteiger partial charge in [-0.1, -0.05) is 0 Å². The first-order chi connectivity index (χ1) is 6.07. The minimum absolute atomic E-state index is 0.116. The highest BCUT2D eigenvalue weighted by Gasteiger charge is 2.13. The molecular formula is C9H9BrO3. The van der Waals surface area contributed by atoms with Crippen molar-refractivity contribution >= 4 is 21.9 Å². The van der Waals surface area contributed by atoms with E-state index >= 15 is 0 Å². The maximum Gasteiger partial charge on any atom is 0.338 e. The highest BCUT2D eigenvalue weighted by atomic mass is 79.9. The average molecular weight is 245 g/mol. The number of carbonyl (C=O) groups is 1. The zero-order valence-corrected chi connectivity index (χ0v) is 8.88. The lowest BCUT2D eigenvalue weighted by Gasteiger charge is -2.06. The molecule has 0 amide bonds. The van der Waals surface area contributed by atoms with Crippen molar-refractivity contribution < 1.29 is 14.6 Å². The van der Waals surface area contributed by atoms with Crippen molar-refractivity contribution in [3.63, 3.8) is 0 Å². The number of ether oxygens (including phenoxy) is 1. The van der Waals surface area contributed by atoms with Crippen molar-refractivity contribution in [2.24, 2.45) is 0 Å². The Hall–Kier alpha value is -1.03. The number of benzene rings is 1. The van der Waals surface area contributed by atoms with E-state index in [-0.39, 0.29) is 5.75 Å². The van der Waals surface area contributed by atoms with E-state index in [1.165, 1.54) is 19.2 Å². The van der Waals surface area contributed by atoms with E-state index < -0.39 is 5.97 Å². The molecule has 70 valence electrons. The minimum atomic E-state index is -0.404. The molecule has 1 N–H and O–H groups in total. The van der Waals surface area contributed by atoms with E-state index in [9.17, 15) is 9.90 Å². The predicted molar refractivity (Wildman–Crippen MR) is 51.9 cm³/mol. The fourth-order valence-electron chi connectivity index (χ4n) is 1.00. The standard InChI is InChI=1S/C9H9BrO3/c1-5-6(9(12)13-2)3-4-7(11)8(5)10/h3-4,11H,1-2H3. The molecule has 0 aliphatic heterocycles. The Labute approximate surface area is 84.5 Å². The van der Waals surface area contributed by atoms with Gasteiger partial charge in [-0.15, -0.1) is 0 Å². The predicted octanol–water partition coefficient (Wildman–Crippen LogP) is 2.25. The third-order valence-electron chi connectivity index (χ3n) is 1.77. The summed E-state index contributed by atoms with van der Waals surface area (Å²) in [5, 5.41) is 9.28. The largest absolute Gasteiger partial charge is 0.507 e. The van der Waals surface area contributed by atoms with Gasteiger partial charge in [0.25, 0.3) is 0 Å². The molecule has 0 bridgehead atoms. The second-order valence-electron chi connectivity index (χ2n) is 2.56. The van der Waals surface area contributed by atoms with Crippen LogP contribution in [0.5, 0.6) is 5.75 Å². The normalized spacial score (nSPS) is 9.77. The van der Waals surface area contributed by atoms with Gasteiger partial charge in [-0.2, -0.15) is 0 Å². The van der Waals surface area contributed by atoms with Crippen LogP contribution in [0.25, 0.3) is 0 Å². The molecule has 4 heteroatoms. The first-order valence-corrected chi connectivity index (χ1v) is 4.43. The number of phenols is 1. The Morgan fingerprint density at radius 3 is 2.69 bits per heavy atom. The van der Waals surface area contributed by atoms with E-state index in [1.807, 2.05) is 0 Å². The highest BCUT2D eigenvalue weighted by Crippen LogP contribution is 2.29. The molecule has 13 heavy (non-hydrogen) atoms. The molecule has 0 heterocycles. The van der Waals surface area contributed by atoms with E-state index in [2.05, 4.69) is 20.7 Å². The van der Waals surface area contributed by atoms with Gasteiger partial charge in [0.1, 0.15) is 5.75 Å². The lowest BCUT2D eigenvalue weighted by Crippen LogP contribution is -2.03. The lowest BCUT2D eigenvalue weighted by molar-refractivity contribution is 0.0600. The Morgan fingerprint density at radius 1 is 1.54 bits per heavy atom. The van der Waals surface area contributed by atoms with Gasteiger partial charge >= 0.3 is 5.97 Å². The van der Waals surface area contributed by atoms with Crippen molar-refractivity contribution in [1.82, 2.24) is 0 Å². The van der Waals surface area contributed by atoms with E-state index in [0.717, 1.165) is 0 Å². The highest BCUT2D eigenvalue weighted by molar-refractivity contribution is 9.10. The summed E-state index contributed by atoms with van der Waals surface area (Å²) in [5.41, 5.74) is 1.12. The van der Waals surface area contributed by atoms with Crippen LogP contribution in [-0.2, 0) is 4.74 Å². The first-order valence-electron chi connectivity index (χ1n) is 3.64. The van der Waals surface area contributed by atoms with E-state index in [4.69, 9.17) is 0 Å². The summed E-state index contributed by atoms with van der Waals surface area (Å²) < 4.78 is 5.09. The summed E-state index contributed by atoms with van der Waals surface area (Å²) in [6.07, 6.45) is 0. The summed E-state index contributed by atoms with van der Waals surface area (Å²) in [6.45, 7) is 1.73. The van der Waals surface area contributed by atoms with E-state index in [1.54, 1.807) is 6.92 Å². The molecule has 1 aromatic rings. The van der Waals surface area contributed by atoms with Crippen LogP contribution in [0.15, 0.2) is 16.6 Å². The topological polar surface area (TPSA) is 46.5 Å². The number of halogens is 1. The van der Waals surface area contributed by atoms with Gasteiger partial charge in [0.05, 0.1) is 17.1 Å². The number of esters is 1. The zero-order chi connectivity index (χ0) is 10.0. The summed E-state index contributed by atoms with van der Waals surface area (Å²) in [6, 6.07) is 2.98. The third-order valence-corrected chi connectivity index (χ3v) is 2.77. The summed E-state index contributed by atoms with van der Waals surface area (Å²) in [4.78, 5) is 11.2. The molecule has 0 unspecified atom stereocenters. The molecule has 3 nitrogen and oxygen atoms in total. The van der Waals surface area contributed by atoms with Crippen molar-refractivity contribution in [2.45, 2.75) is 6.92 Å². The van der Waals surface area contributed by atoms with Gasteiger partial charge in [-0.05, 0) is 40.5 Å². The number of methoxy groups -OCH3 is 1. The summed E-state index contributed by atoms with van der Waals surface area (Å²) in [5.74, 6) is -0.289. The molecular weight excluding hydrogens is 236 g/mol. The number of phenolic OH excluding ortho intramolecular Hbond substituents is 1. The molecule has 1 aromatic carbocycles. The van der Waals surface area contributed by atoms with Crippen molar-refractivity contribution in [3.05, 3.63) is 27.7 Å². The first kappa shape index (κ1) is 10.1. The van der Waals surface area contributed by atoms with Crippen molar-refractivity contribution in [3.8, 4) is 5.75 Å². The van der Waals surface area contributed by atoms with Crippen LogP contribution < -0.4 is 0 Å². The Bertz CT molecular complexity index is 347. The monoisotopic (exact) mass is 244 g/mol. The SMILES string of the molecule is COC(=O)c1ccc(O)c(Br)c1C. The molecule has 0 spiro atoms. The molecule has 0 aliphatic carbocycles. The Kier molecular flexibility index (Phi) is 2.93. The van der Waals surface area contributed by atoms with Crippen LogP contribution in [0.3, 0.4) is 0 Å². The number of hydrogen-bond acceptors (Lipinski definition) is 3. The fourth-order valence-corrected chi connectivity index (χ4v) is 1.35. The smallest absolute Gasteiger partial charge is 0.338 e. The van der Waals surface area contributed by atoms with Crippen LogP contribution in [0.2, 0.25) is 0 Å². The van der Waals surface area contributed by atoms with Crippen LogP contribution in [-0.4, -0.2) is 18.2 Å². The van der Waals surface area contributed by atoms with Crippen LogP contribution in [0, 0.1) is 6.92 Å². The number of rotatable bonds is 1. The minimum Gasteiger partial charge on any atom is -0.507 e. The molecule has 0 atom stereocenters. The molecule has 1 rings (SSSR count). The summed E-state index contributed by atoms with van der Waals surface area (Å²) in [7, 11) is 1.32. The average Bonchev–Trinajstić information content (AvgIpc) is 2.13. The van der Waals surface area contributed by atoms with E-state index in [0.29, 0.717) is 15.6 Å². The Morgan fingerprint density at radius 2 is 2.15 bits per heavy atom. The molecule has 0 aliphatic rings. The van der Waals surface area contributed by atoms with Gasteiger partial charge < -0.3 is 9.84 Å². The zero-order valence-electron chi connectivity index (χ0n) is 7.30. The maximum atomic E-state index is 11.2. The number of carbonyl (C=O) groups excluding carboxylic acids is 1. The third kappa shape index (κ3) is 1.83. The molecule has 0 saturated heterocycles. The molecule has 0 aromatic heterocycles. The fraction of sp³-hybridized carbons (Fsp3) is 0.222. The van der Waals surface area contributed by atoms with Crippen LogP contribution in [0.1, 0.15) is 15.9 Å². The summed E-state index contributed by atoms with van der Waals surface area (Å²) >= 11 is 3.17. The van der Waals surface area contributed by atoms with Gasteiger partial charge in [0.15, 0.2) is 0 Å². The van der Waals surface area contributed by atoms with Crippen LogP contribution >= 0.6 is 15.9 Å². The van der Waals surface area contributed by atoms with Crippen LogP contribution in [0.4, 0.5) is 0 Å². The quantitative estimate of drug-likeness (QED) is 0.772. The number of hydrogen-bond donors (Lipinski definition) is 1. The second kappa shape index (κ2) is 3.79. The Balaban J connectivity index is 3.26. The molecule has 0 fully saturated rings. The maximum absolute atomic E-state index is 11.2. The van der Waals surface area contributed by atoms with Gasteiger partial charge in [-0.3, -0.25) is 0 Å². The van der Waals surface area contributed by atoms with Gasteiger partial charge in [0, 0.05) is 0 Å². The van der Waals surface area contributed by atoms with Crippen molar-refractivity contribution in [2.75, 3.05) is 7.11 Å². The van der Waals surface area contributed by atoms with Gasteiger partial charge in [-0.25, -0.2) is 4.79 Å². The van der Waals surface area contributed by atoms with Gasteiger partial charge in [0.2, 0.25) is 0 Å². The number of aromatic hydroxyl groups is 1. The van der Waals surface area contributed by atoms with Crippen molar-refractivity contribution in [1.29, 1.82) is 0 Å². The second-order valence-corrected chi connectivity index (χ2v) is 3.36. The molecule has 0 radical (unpaired) electrons. The lowest BCUT2D eigenvalue weighted by atomic mass is 10.1.